The fraction of sp³-hybridized carbons (Fsp3) is 0.292. The number of carbonyl (C=O) groups excluding carboxylic acids is 1. The van der Waals surface area contributed by atoms with Gasteiger partial charge in [0.25, 0.3) is 0 Å². The smallest absolute Gasteiger partial charge is 0.135 e. The maximum absolute atomic E-state index is 12.8. The summed E-state index contributed by atoms with van der Waals surface area (Å²) in [6.07, 6.45) is 2.48. The third-order valence-electron chi connectivity index (χ3n) is 5.90. The quantitative estimate of drug-likeness (QED) is 0.473. The van der Waals surface area contributed by atoms with Crippen LogP contribution < -0.4 is 5.73 Å². The molecule has 0 saturated heterocycles. The summed E-state index contributed by atoms with van der Waals surface area (Å²) in [7, 11) is 0. The summed E-state index contributed by atoms with van der Waals surface area (Å²) in [5, 5.41) is 12.1. The third-order valence-corrected chi connectivity index (χ3v) is 6.37. The number of aliphatic hydroxyl groups is 1. The highest BCUT2D eigenvalue weighted by Crippen LogP contribution is 2.50. The second-order valence-electron chi connectivity index (χ2n) is 7.87. The van der Waals surface area contributed by atoms with Gasteiger partial charge in [0.15, 0.2) is 0 Å². The van der Waals surface area contributed by atoms with Gasteiger partial charge in [0, 0.05) is 21.7 Å². The van der Waals surface area contributed by atoms with Crippen LogP contribution >= 0.6 is 23.2 Å². The Morgan fingerprint density at radius 3 is 2.41 bits per heavy atom. The topological polar surface area (TPSA) is 63.3 Å². The molecule has 0 radical (unpaired) electrons. The number of nitrogens with two attached hydrogens (primary N) is 1. The van der Waals surface area contributed by atoms with Crippen molar-refractivity contribution in [2.45, 2.75) is 44.6 Å². The Labute approximate surface area is 181 Å². The number of allylic oxidation sites excluding steroid dienone is 2. The van der Waals surface area contributed by atoms with Gasteiger partial charge in [-0.25, -0.2) is 0 Å². The molecule has 0 saturated carbocycles. The average molecular weight is 430 g/mol. The molecular formula is C24H25Cl2NO2. The maximum atomic E-state index is 12.8. The lowest BCUT2D eigenvalue weighted by Crippen LogP contribution is -2.41. The van der Waals surface area contributed by atoms with Crippen molar-refractivity contribution in [1.82, 2.24) is 0 Å². The van der Waals surface area contributed by atoms with Crippen LogP contribution in [0.15, 0.2) is 65.3 Å². The van der Waals surface area contributed by atoms with Crippen LogP contribution in [0.2, 0.25) is 10.0 Å². The lowest BCUT2D eigenvalue weighted by Gasteiger charge is -2.42. The molecule has 0 spiro atoms. The Kier molecular flexibility index (Phi) is 6.23. The molecule has 3 atom stereocenters. The Balaban J connectivity index is 2.34. The van der Waals surface area contributed by atoms with E-state index in [1.165, 1.54) is 0 Å². The van der Waals surface area contributed by atoms with E-state index in [0.29, 0.717) is 27.7 Å². The SMILES string of the molecule is CC(C)=C(C)C1=C[C@](C=O)(c2ccc(Cl)cc2N)[C@H](c2cccc(Cl)c2)CC1O. The van der Waals surface area contributed by atoms with E-state index >= 15 is 0 Å². The van der Waals surface area contributed by atoms with Crippen LogP contribution in [-0.4, -0.2) is 17.5 Å². The van der Waals surface area contributed by atoms with Gasteiger partial charge >= 0.3 is 0 Å². The first kappa shape index (κ1) is 21.6. The summed E-state index contributed by atoms with van der Waals surface area (Å²) < 4.78 is 0. The Bertz CT molecular complexity index is 1010. The Morgan fingerprint density at radius 1 is 1.14 bits per heavy atom. The first-order valence-electron chi connectivity index (χ1n) is 9.52. The molecule has 3 nitrogen and oxygen atoms in total. The van der Waals surface area contributed by atoms with Crippen LogP contribution in [-0.2, 0) is 10.2 Å². The van der Waals surface area contributed by atoms with Gasteiger partial charge in [-0.2, -0.15) is 0 Å². The molecule has 5 heteroatoms. The van der Waals surface area contributed by atoms with Gasteiger partial charge < -0.3 is 15.6 Å². The molecule has 0 aromatic heterocycles. The summed E-state index contributed by atoms with van der Waals surface area (Å²) in [6, 6.07) is 12.6. The van der Waals surface area contributed by atoms with Gasteiger partial charge in [-0.05, 0) is 73.7 Å². The summed E-state index contributed by atoms with van der Waals surface area (Å²) in [5.74, 6) is -0.328. The molecule has 152 valence electrons. The summed E-state index contributed by atoms with van der Waals surface area (Å²) >= 11 is 12.4. The molecular weight excluding hydrogens is 405 g/mol. The zero-order valence-electron chi connectivity index (χ0n) is 16.7. The molecule has 0 heterocycles. The predicted octanol–water partition coefficient (Wildman–Crippen LogP) is 5.84. The molecule has 1 unspecified atom stereocenters. The first-order valence-corrected chi connectivity index (χ1v) is 10.3. The number of nitrogen functional groups attached to an aromatic ring is 1. The van der Waals surface area contributed by atoms with Gasteiger partial charge in [-0.1, -0.05) is 53.1 Å². The van der Waals surface area contributed by atoms with Crippen molar-refractivity contribution in [2.24, 2.45) is 0 Å². The van der Waals surface area contributed by atoms with Crippen molar-refractivity contribution in [3.8, 4) is 0 Å². The number of aldehydes is 1. The van der Waals surface area contributed by atoms with Crippen LogP contribution in [0.1, 0.15) is 44.2 Å². The summed E-state index contributed by atoms with van der Waals surface area (Å²) in [5.41, 5.74) is 10.1. The maximum Gasteiger partial charge on any atom is 0.135 e. The van der Waals surface area contributed by atoms with Crippen LogP contribution in [0.25, 0.3) is 0 Å². The molecule has 0 fully saturated rings. The lowest BCUT2D eigenvalue weighted by molar-refractivity contribution is -0.112. The number of halogens is 2. The van der Waals surface area contributed by atoms with Gasteiger partial charge in [-0.3, -0.25) is 0 Å². The van der Waals surface area contributed by atoms with Gasteiger partial charge in [0.1, 0.15) is 6.29 Å². The Hall–Kier alpha value is -2.07. The fourth-order valence-electron chi connectivity index (χ4n) is 4.15. The third kappa shape index (κ3) is 4.00. The molecule has 0 amide bonds. The van der Waals surface area contributed by atoms with Crippen LogP contribution in [0.5, 0.6) is 0 Å². The van der Waals surface area contributed by atoms with Crippen molar-refractivity contribution < 1.29 is 9.90 Å². The highest BCUT2D eigenvalue weighted by Gasteiger charge is 2.46. The standard InChI is InChI=1S/C24H25Cl2NO2/c1-14(2)15(3)19-12-24(13-28,20-8-7-18(26)10-22(20)27)21(11-23(19)29)16-5-4-6-17(25)9-16/h4-10,12-13,21,23,29H,11,27H2,1-3H3/t21-,23?,24-/m0/s1. The van der Waals surface area contributed by atoms with E-state index in [2.05, 4.69) is 0 Å². The molecule has 0 aliphatic heterocycles. The number of hydrogen-bond acceptors (Lipinski definition) is 3. The van der Waals surface area contributed by atoms with E-state index in [1.54, 1.807) is 24.3 Å². The molecule has 0 bridgehead atoms. The van der Waals surface area contributed by atoms with E-state index in [0.717, 1.165) is 28.6 Å². The summed E-state index contributed by atoms with van der Waals surface area (Å²) in [6.45, 7) is 5.95. The van der Waals surface area contributed by atoms with E-state index in [9.17, 15) is 9.90 Å². The van der Waals surface area contributed by atoms with Gasteiger partial charge in [0.2, 0.25) is 0 Å². The zero-order chi connectivity index (χ0) is 21.3. The second-order valence-corrected chi connectivity index (χ2v) is 8.74. The predicted molar refractivity (Wildman–Crippen MR) is 121 cm³/mol. The van der Waals surface area contributed by atoms with E-state index in [1.807, 2.05) is 45.0 Å². The zero-order valence-corrected chi connectivity index (χ0v) is 18.3. The van der Waals surface area contributed by atoms with Crippen molar-refractivity contribution in [3.05, 3.63) is 86.4 Å². The molecule has 1 aliphatic rings. The van der Waals surface area contributed by atoms with Gasteiger partial charge in [0.05, 0.1) is 11.5 Å². The highest BCUT2D eigenvalue weighted by molar-refractivity contribution is 6.31. The lowest BCUT2D eigenvalue weighted by atomic mass is 9.61. The fourth-order valence-corrected chi connectivity index (χ4v) is 4.53. The minimum atomic E-state index is -1.05. The van der Waals surface area contributed by atoms with Crippen LogP contribution in [0.3, 0.4) is 0 Å². The number of aliphatic hydroxyl groups excluding tert-OH is 1. The first-order chi connectivity index (χ1) is 13.7. The molecule has 2 aromatic carbocycles. The molecule has 1 aliphatic carbocycles. The largest absolute Gasteiger partial charge is 0.398 e. The van der Waals surface area contributed by atoms with Crippen molar-refractivity contribution in [3.63, 3.8) is 0 Å². The van der Waals surface area contributed by atoms with Crippen LogP contribution in [0.4, 0.5) is 5.69 Å². The molecule has 3 N–H and O–H groups in total. The van der Waals surface area contributed by atoms with Gasteiger partial charge in [-0.15, -0.1) is 0 Å². The number of carbonyl (C=O) groups is 1. The Morgan fingerprint density at radius 2 is 1.83 bits per heavy atom. The minimum absolute atomic E-state index is 0.328. The van der Waals surface area contributed by atoms with Crippen molar-refractivity contribution >= 4 is 35.2 Å². The average Bonchev–Trinajstić information content (AvgIpc) is 2.67. The van der Waals surface area contributed by atoms with Crippen molar-refractivity contribution in [1.29, 1.82) is 0 Å². The van der Waals surface area contributed by atoms with Crippen molar-refractivity contribution in [2.75, 3.05) is 5.73 Å². The number of hydrogen-bond donors (Lipinski definition) is 2. The molecule has 3 rings (SSSR count). The number of rotatable bonds is 4. The normalized spacial score (nSPS) is 24.0. The minimum Gasteiger partial charge on any atom is -0.398 e. The number of benzene rings is 2. The number of anilines is 1. The molecule has 2 aromatic rings. The molecule has 29 heavy (non-hydrogen) atoms. The second kappa shape index (κ2) is 8.35. The van der Waals surface area contributed by atoms with E-state index in [-0.39, 0.29) is 5.92 Å². The van der Waals surface area contributed by atoms with Crippen LogP contribution in [0, 0.1) is 0 Å². The summed E-state index contributed by atoms with van der Waals surface area (Å²) in [4.78, 5) is 12.8. The van der Waals surface area contributed by atoms with E-state index in [4.69, 9.17) is 28.9 Å². The monoisotopic (exact) mass is 429 g/mol. The van der Waals surface area contributed by atoms with E-state index < -0.39 is 11.5 Å². The highest BCUT2D eigenvalue weighted by atomic mass is 35.5.